The molecule has 3 aromatic rings. The van der Waals surface area contributed by atoms with Gasteiger partial charge in [-0.15, -0.1) is 11.8 Å². The molecule has 0 aliphatic carbocycles. The van der Waals surface area contributed by atoms with Gasteiger partial charge in [0.25, 0.3) is 0 Å². The second kappa shape index (κ2) is 10.9. The molecule has 2 unspecified atom stereocenters. The first kappa shape index (κ1) is 24.8. The molecule has 176 valence electrons. The van der Waals surface area contributed by atoms with Crippen LogP contribution in [0.15, 0.2) is 75.1 Å². The van der Waals surface area contributed by atoms with Gasteiger partial charge < -0.3 is 19.4 Å². The van der Waals surface area contributed by atoms with E-state index >= 15 is 0 Å². The first-order chi connectivity index (χ1) is 15.7. The predicted molar refractivity (Wildman–Crippen MR) is 125 cm³/mol. The van der Waals surface area contributed by atoms with Crippen molar-refractivity contribution in [3.8, 4) is 16.9 Å². The standard InChI is InChI=1S/C23H25NO7S2/c1-15-22(11-12-31-15)32-14-18(25)13-21(23(26)27)24-33(28,29)20-9-5-17(6-10-20)16-3-7-19(30-2)8-4-16/h3-12,18,21,24-25H,13-14H2,1-2H3,(H,26,27). The predicted octanol–water partition coefficient (Wildman–Crippen LogP) is 3.54. The lowest BCUT2D eigenvalue weighted by atomic mass is 10.1. The molecule has 2 aromatic carbocycles. The molecule has 10 heteroatoms. The van der Waals surface area contributed by atoms with E-state index in [0.29, 0.717) is 11.5 Å². The number of rotatable bonds is 11. The van der Waals surface area contributed by atoms with Gasteiger partial charge in [0.05, 0.1) is 24.4 Å². The zero-order valence-corrected chi connectivity index (χ0v) is 19.7. The number of nitrogens with one attached hydrogen (secondary N) is 1. The normalized spacial score (nSPS) is 13.4. The van der Waals surface area contributed by atoms with Crippen LogP contribution in [0.5, 0.6) is 5.75 Å². The molecule has 3 rings (SSSR count). The molecule has 3 N–H and O–H groups in total. The van der Waals surface area contributed by atoms with Crippen LogP contribution in [0.4, 0.5) is 0 Å². The summed E-state index contributed by atoms with van der Waals surface area (Å²) >= 11 is 1.31. The molecule has 0 aliphatic heterocycles. The molecule has 8 nitrogen and oxygen atoms in total. The molecular formula is C23H25NO7S2. The number of benzene rings is 2. The topological polar surface area (TPSA) is 126 Å². The molecular weight excluding hydrogens is 466 g/mol. The molecule has 0 spiro atoms. The molecule has 0 saturated heterocycles. The number of aliphatic hydroxyl groups is 1. The summed E-state index contributed by atoms with van der Waals surface area (Å²) in [7, 11) is -2.53. The number of carboxylic acids is 1. The van der Waals surface area contributed by atoms with Crippen molar-refractivity contribution in [2.45, 2.75) is 35.3 Å². The summed E-state index contributed by atoms with van der Waals surface area (Å²) in [5.41, 5.74) is 1.68. The minimum absolute atomic E-state index is 0.0658. The quantitative estimate of drug-likeness (QED) is 0.348. The fourth-order valence-corrected chi connectivity index (χ4v) is 5.23. The zero-order valence-electron chi connectivity index (χ0n) is 18.1. The van der Waals surface area contributed by atoms with Crippen molar-refractivity contribution in [3.05, 3.63) is 66.6 Å². The number of sulfonamides is 1. The maximum atomic E-state index is 12.8. The molecule has 0 fully saturated rings. The van der Waals surface area contributed by atoms with Gasteiger partial charge in [-0.05, 0) is 48.4 Å². The molecule has 0 saturated carbocycles. The van der Waals surface area contributed by atoms with Crippen molar-refractivity contribution in [1.82, 2.24) is 4.72 Å². The van der Waals surface area contributed by atoms with Gasteiger partial charge >= 0.3 is 5.97 Å². The minimum atomic E-state index is -4.11. The average molecular weight is 492 g/mol. The summed E-state index contributed by atoms with van der Waals surface area (Å²) in [5.74, 6) is 0.239. The zero-order chi connectivity index (χ0) is 24.0. The van der Waals surface area contributed by atoms with E-state index in [-0.39, 0.29) is 17.1 Å². The van der Waals surface area contributed by atoms with Crippen LogP contribution in [-0.2, 0) is 14.8 Å². The Balaban J connectivity index is 1.65. The summed E-state index contributed by atoms with van der Waals surface area (Å²) in [4.78, 5) is 12.4. The average Bonchev–Trinajstić information content (AvgIpc) is 3.22. The number of hydrogen-bond acceptors (Lipinski definition) is 7. The van der Waals surface area contributed by atoms with E-state index in [2.05, 4.69) is 4.72 Å². The summed E-state index contributed by atoms with van der Waals surface area (Å²) in [6.07, 6.45) is 0.214. The Morgan fingerprint density at radius 2 is 1.70 bits per heavy atom. The number of hydrogen-bond donors (Lipinski definition) is 3. The van der Waals surface area contributed by atoms with Crippen LogP contribution in [-0.4, -0.2) is 49.6 Å². The Hall–Kier alpha value is -2.79. The summed E-state index contributed by atoms with van der Waals surface area (Å²) in [6.45, 7) is 1.78. The van der Waals surface area contributed by atoms with Gasteiger partial charge in [0.2, 0.25) is 10.0 Å². The molecule has 0 radical (unpaired) electrons. The van der Waals surface area contributed by atoms with Crippen LogP contribution in [0.2, 0.25) is 0 Å². The Morgan fingerprint density at radius 3 is 2.21 bits per heavy atom. The number of carbonyl (C=O) groups is 1. The first-order valence-corrected chi connectivity index (χ1v) is 12.5. The van der Waals surface area contributed by atoms with E-state index < -0.39 is 28.1 Å². The molecule has 0 bridgehead atoms. The van der Waals surface area contributed by atoms with Gasteiger partial charge in [0.15, 0.2) is 0 Å². The number of furan rings is 1. The third kappa shape index (κ3) is 6.61. The molecule has 1 heterocycles. The van der Waals surface area contributed by atoms with Gasteiger partial charge in [-0.3, -0.25) is 4.79 Å². The molecule has 2 atom stereocenters. The molecule has 1 aromatic heterocycles. The van der Waals surface area contributed by atoms with Crippen molar-refractivity contribution in [3.63, 3.8) is 0 Å². The largest absolute Gasteiger partial charge is 0.497 e. The fourth-order valence-electron chi connectivity index (χ4n) is 3.11. The number of ether oxygens (including phenoxy) is 1. The van der Waals surface area contributed by atoms with Crippen LogP contribution < -0.4 is 9.46 Å². The smallest absolute Gasteiger partial charge is 0.321 e. The van der Waals surface area contributed by atoms with E-state index in [4.69, 9.17) is 9.15 Å². The van der Waals surface area contributed by atoms with Gasteiger partial charge in [-0.2, -0.15) is 4.72 Å². The van der Waals surface area contributed by atoms with Crippen molar-refractivity contribution in [1.29, 1.82) is 0 Å². The number of aliphatic hydroxyl groups excluding tert-OH is 1. The third-order valence-electron chi connectivity index (χ3n) is 4.93. The van der Waals surface area contributed by atoms with Gasteiger partial charge in [-0.1, -0.05) is 24.3 Å². The Labute approximate surface area is 196 Å². The molecule has 0 aliphatic rings. The van der Waals surface area contributed by atoms with E-state index in [1.165, 1.54) is 30.2 Å². The maximum Gasteiger partial charge on any atom is 0.321 e. The van der Waals surface area contributed by atoms with Crippen LogP contribution >= 0.6 is 11.8 Å². The van der Waals surface area contributed by atoms with Crippen molar-refractivity contribution >= 4 is 27.8 Å². The van der Waals surface area contributed by atoms with Crippen molar-refractivity contribution in [2.75, 3.05) is 12.9 Å². The Kier molecular flexibility index (Phi) is 8.20. The lowest BCUT2D eigenvalue weighted by Gasteiger charge is -2.18. The minimum Gasteiger partial charge on any atom is -0.497 e. The summed E-state index contributed by atoms with van der Waals surface area (Å²) in [6, 6.07) is 13.7. The highest BCUT2D eigenvalue weighted by Crippen LogP contribution is 2.26. The third-order valence-corrected chi connectivity index (χ3v) is 7.71. The van der Waals surface area contributed by atoms with E-state index in [0.717, 1.165) is 16.0 Å². The lowest BCUT2D eigenvalue weighted by Crippen LogP contribution is -2.43. The number of aliphatic carboxylic acids is 1. The maximum absolute atomic E-state index is 12.8. The number of carboxylic acid groups (broad SMARTS) is 1. The second-order valence-electron chi connectivity index (χ2n) is 7.31. The monoisotopic (exact) mass is 491 g/mol. The van der Waals surface area contributed by atoms with Gasteiger partial charge in [0, 0.05) is 17.1 Å². The highest BCUT2D eigenvalue weighted by Gasteiger charge is 2.28. The van der Waals surface area contributed by atoms with Crippen molar-refractivity contribution in [2.24, 2.45) is 0 Å². The highest BCUT2D eigenvalue weighted by molar-refractivity contribution is 7.99. The van der Waals surface area contributed by atoms with Crippen LogP contribution in [0.1, 0.15) is 12.2 Å². The van der Waals surface area contributed by atoms with Crippen LogP contribution in [0.25, 0.3) is 11.1 Å². The Morgan fingerprint density at radius 1 is 1.09 bits per heavy atom. The number of thioether (sulfide) groups is 1. The second-order valence-corrected chi connectivity index (χ2v) is 10.1. The fraction of sp³-hybridized carbons (Fsp3) is 0.261. The number of aryl methyl sites for hydroxylation is 1. The Bertz CT molecular complexity index is 1170. The first-order valence-electron chi connectivity index (χ1n) is 10.0. The summed E-state index contributed by atoms with van der Waals surface area (Å²) < 4.78 is 38.0. The van der Waals surface area contributed by atoms with E-state index in [1.807, 2.05) is 12.1 Å². The van der Waals surface area contributed by atoms with Crippen LogP contribution in [0, 0.1) is 6.92 Å². The molecule has 0 amide bonds. The highest BCUT2D eigenvalue weighted by atomic mass is 32.2. The van der Waals surface area contributed by atoms with E-state index in [1.54, 1.807) is 44.4 Å². The SMILES string of the molecule is COc1ccc(-c2ccc(S(=O)(=O)NC(CC(O)CSc3ccoc3C)C(=O)O)cc2)cc1. The lowest BCUT2D eigenvalue weighted by molar-refractivity contribution is -0.139. The van der Waals surface area contributed by atoms with Gasteiger partial charge in [0.1, 0.15) is 17.6 Å². The van der Waals surface area contributed by atoms with Crippen molar-refractivity contribution < 1.29 is 32.6 Å². The van der Waals surface area contributed by atoms with Gasteiger partial charge in [-0.25, -0.2) is 8.42 Å². The molecule has 33 heavy (non-hydrogen) atoms. The number of methoxy groups -OCH3 is 1. The van der Waals surface area contributed by atoms with Crippen LogP contribution in [0.3, 0.4) is 0 Å². The van der Waals surface area contributed by atoms with E-state index in [9.17, 15) is 23.4 Å². The summed E-state index contributed by atoms with van der Waals surface area (Å²) in [5, 5.41) is 19.8.